The molecule has 4 nitrogen and oxygen atoms in total. The monoisotopic (exact) mass is 240 g/mol. The molecule has 5 heteroatoms. The summed E-state index contributed by atoms with van der Waals surface area (Å²) in [6.07, 6.45) is 3.12. The fourth-order valence-electron chi connectivity index (χ4n) is 1.60. The molecule has 1 amide bonds. The summed E-state index contributed by atoms with van der Waals surface area (Å²) in [5.74, 6) is 0.179. The van der Waals surface area contributed by atoms with E-state index in [0.29, 0.717) is 5.92 Å². The Balaban J connectivity index is 2.09. The molecule has 1 heterocycles. The Bertz CT molecular complexity index is 385. The Morgan fingerprint density at radius 2 is 2.38 bits per heavy atom. The average Bonchev–Trinajstić information content (AvgIpc) is 2.97. The van der Waals surface area contributed by atoms with E-state index in [1.165, 1.54) is 6.92 Å². The van der Waals surface area contributed by atoms with Crippen molar-refractivity contribution in [3.8, 4) is 0 Å². The van der Waals surface area contributed by atoms with Crippen molar-refractivity contribution in [3.05, 3.63) is 16.1 Å². The van der Waals surface area contributed by atoms with Gasteiger partial charge in [-0.15, -0.1) is 11.3 Å². The molecule has 2 rings (SSSR count). The fraction of sp³-hybridized carbons (Fsp3) is 0.636. The normalized spacial score (nSPS) is 19.2. The zero-order valence-electron chi connectivity index (χ0n) is 9.43. The molecule has 1 aromatic heterocycles. The van der Waals surface area contributed by atoms with E-state index in [1.807, 2.05) is 13.1 Å². The molecule has 16 heavy (non-hydrogen) atoms. The molecule has 1 aromatic rings. The second kappa shape index (κ2) is 4.51. The molecule has 0 bridgehead atoms. The van der Waals surface area contributed by atoms with E-state index in [9.17, 15) is 9.90 Å². The lowest BCUT2D eigenvalue weighted by molar-refractivity contribution is -0.129. The quantitative estimate of drug-likeness (QED) is 0.836. The van der Waals surface area contributed by atoms with Crippen molar-refractivity contribution in [3.63, 3.8) is 0 Å². The highest BCUT2D eigenvalue weighted by Gasteiger charge is 2.35. The number of thiazole rings is 1. The van der Waals surface area contributed by atoms with Gasteiger partial charge in [0.2, 0.25) is 5.91 Å². The summed E-state index contributed by atoms with van der Waals surface area (Å²) in [4.78, 5) is 16.9. The summed E-state index contributed by atoms with van der Waals surface area (Å²) in [6.45, 7) is 3.48. The molecule has 0 aromatic carbocycles. The van der Waals surface area contributed by atoms with Gasteiger partial charge in [0.05, 0.1) is 6.04 Å². The highest BCUT2D eigenvalue weighted by Crippen LogP contribution is 2.42. The van der Waals surface area contributed by atoms with Gasteiger partial charge < -0.3 is 10.4 Å². The number of nitrogens with zero attached hydrogens (tertiary/aromatic N) is 1. The summed E-state index contributed by atoms with van der Waals surface area (Å²) < 4.78 is 0. The van der Waals surface area contributed by atoms with Crippen LogP contribution in [0.15, 0.2) is 6.20 Å². The van der Waals surface area contributed by atoms with E-state index >= 15 is 0 Å². The maximum absolute atomic E-state index is 11.5. The van der Waals surface area contributed by atoms with Crippen molar-refractivity contribution < 1.29 is 9.90 Å². The number of hydrogen-bond acceptors (Lipinski definition) is 4. The van der Waals surface area contributed by atoms with Crippen molar-refractivity contribution in [2.45, 2.75) is 38.8 Å². The lowest BCUT2D eigenvalue weighted by Crippen LogP contribution is -2.36. The molecule has 1 aliphatic carbocycles. The van der Waals surface area contributed by atoms with Crippen LogP contribution in [0.1, 0.15) is 35.7 Å². The van der Waals surface area contributed by atoms with Crippen LogP contribution in [0.5, 0.6) is 0 Å². The van der Waals surface area contributed by atoms with E-state index < -0.39 is 6.10 Å². The first-order valence-corrected chi connectivity index (χ1v) is 6.30. The number of aryl methyl sites for hydroxylation is 1. The van der Waals surface area contributed by atoms with Crippen molar-refractivity contribution in [2.24, 2.45) is 5.92 Å². The summed E-state index contributed by atoms with van der Waals surface area (Å²) in [6, 6.07) is -0.0131. The van der Waals surface area contributed by atoms with Gasteiger partial charge in [-0.05, 0) is 32.6 Å². The van der Waals surface area contributed by atoms with Crippen molar-refractivity contribution in [1.29, 1.82) is 0 Å². The van der Waals surface area contributed by atoms with Crippen LogP contribution in [0.25, 0.3) is 0 Å². The van der Waals surface area contributed by atoms with Crippen LogP contribution >= 0.6 is 11.3 Å². The van der Waals surface area contributed by atoms with Crippen LogP contribution in [0, 0.1) is 12.8 Å². The minimum atomic E-state index is -0.956. The topological polar surface area (TPSA) is 62.2 Å². The van der Waals surface area contributed by atoms with Crippen LogP contribution in [0.3, 0.4) is 0 Å². The van der Waals surface area contributed by atoms with Crippen molar-refractivity contribution in [1.82, 2.24) is 10.3 Å². The molecule has 2 atom stereocenters. The van der Waals surface area contributed by atoms with Crippen molar-refractivity contribution in [2.75, 3.05) is 0 Å². The number of aromatic nitrogens is 1. The molecule has 1 aliphatic rings. The SMILES string of the molecule is Cc1cnc(C(NC(=O)C(C)O)C2CC2)s1. The maximum Gasteiger partial charge on any atom is 0.249 e. The predicted octanol–water partition coefficient (Wildman–Crippen LogP) is 1.40. The molecule has 1 saturated carbocycles. The zero-order chi connectivity index (χ0) is 11.7. The minimum Gasteiger partial charge on any atom is -0.384 e. The molecule has 0 aliphatic heterocycles. The third-order valence-corrected chi connectivity index (χ3v) is 3.67. The second-order valence-electron chi connectivity index (χ2n) is 4.31. The van der Waals surface area contributed by atoms with Crippen LogP contribution in [-0.2, 0) is 4.79 Å². The van der Waals surface area contributed by atoms with Crippen LogP contribution in [-0.4, -0.2) is 22.1 Å². The van der Waals surface area contributed by atoms with E-state index in [1.54, 1.807) is 11.3 Å². The molecule has 0 radical (unpaired) electrons. The maximum atomic E-state index is 11.5. The smallest absolute Gasteiger partial charge is 0.249 e. The fourth-order valence-corrected chi connectivity index (χ4v) is 2.52. The van der Waals surface area contributed by atoms with Gasteiger partial charge in [0.25, 0.3) is 0 Å². The van der Waals surface area contributed by atoms with Gasteiger partial charge >= 0.3 is 0 Å². The molecular formula is C11H16N2O2S. The standard InChI is InChI=1S/C11H16N2O2S/c1-6-5-12-11(16-6)9(8-3-4-8)13-10(15)7(2)14/h5,7-9,14H,3-4H2,1-2H3,(H,13,15). The van der Waals surface area contributed by atoms with Gasteiger partial charge in [-0.3, -0.25) is 4.79 Å². The van der Waals surface area contributed by atoms with Gasteiger partial charge in [0.1, 0.15) is 11.1 Å². The van der Waals surface area contributed by atoms with Crippen molar-refractivity contribution >= 4 is 17.2 Å². The number of hydrogen-bond donors (Lipinski definition) is 2. The largest absolute Gasteiger partial charge is 0.384 e. The first-order valence-electron chi connectivity index (χ1n) is 5.48. The highest BCUT2D eigenvalue weighted by atomic mass is 32.1. The van der Waals surface area contributed by atoms with E-state index in [4.69, 9.17) is 0 Å². The number of aliphatic hydroxyl groups is 1. The molecule has 88 valence electrons. The summed E-state index contributed by atoms with van der Waals surface area (Å²) in [5.41, 5.74) is 0. The Labute approximate surface area is 98.7 Å². The van der Waals surface area contributed by atoms with Crippen LogP contribution in [0.4, 0.5) is 0 Å². The van der Waals surface area contributed by atoms with Gasteiger partial charge in [-0.2, -0.15) is 0 Å². The third kappa shape index (κ3) is 2.59. The first-order chi connectivity index (χ1) is 7.58. The molecule has 1 fully saturated rings. The van der Waals surface area contributed by atoms with Crippen LogP contribution in [0.2, 0.25) is 0 Å². The number of nitrogens with one attached hydrogen (secondary N) is 1. The zero-order valence-corrected chi connectivity index (χ0v) is 10.3. The lowest BCUT2D eigenvalue weighted by Gasteiger charge is -2.16. The van der Waals surface area contributed by atoms with Crippen LogP contribution < -0.4 is 5.32 Å². The number of carbonyl (C=O) groups is 1. The Hall–Kier alpha value is -0.940. The third-order valence-electron chi connectivity index (χ3n) is 2.68. The molecule has 2 unspecified atom stereocenters. The molecular weight excluding hydrogens is 224 g/mol. The van der Waals surface area contributed by atoms with E-state index in [2.05, 4.69) is 10.3 Å². The highest BCUT2D eigenvalue weighted by molar-refractivity contribution is 7.11. The Morgan fingerprint density at radius 1 is 1.69 bits per heavy atom. The van der Waals surface area contributed by atoms with Gasteiger partial charge in [0, 0.05) is 11.1 Å². The summed E-state index contributed by atoms with van der Waals surface area (Å²) in [7, 11) is 0. The molecule has 2 N–H and O–H groups in total. The van der Waals surface area contributed by atoms with Gasteiger partial charge in [-0.25, -0.2) is 4.98 Å². The number of aliphatic hydroxyl groups excluding tert-OH is 1. The van der Waals surface area contributed by atoms with E-state index in [0.717, 1.165) is 22.7 Å². The number of amides is 1. The average molecular weight is 240 g/mol. The second-order valence-corrected chi connectivity index (χ2v) is 5.58. The Kier molecular flexibility index (Phi) is 3.25. The number of rotatable bonds is 4. The van der Waals surface area contributed by atoms with Gasteiger partial charge in [0.15, 0.2) is 0 Å². The number of carbonyl (C=O) groups excluding carboxylic acids is 1. The molecule has 0 saturated heterocycles. The first kappa shape index (κ1) is 11.5. The molecule has 0 spiro atoms. The summed E-state index contributed by atoms with van der Waals surface area (Å²) in [5, 5.41) is 13.0. The Morgan fingerprint density at radius 3 is 2.81 bits per heavy atom. The summed E-state index contributed by atoms with van der Waals surface area (Å²) >= 11 is 1.61. The van der Waals surface area contributed by atoms with E-state index in [-0.39, 0.29) is 11.9 Å². The predicted molar refractivity (Wildman–Crippen MR) is 62.1 cm³/mol. The minimum absolute atomic E-state index is 0.0131. The lowest BCUT2D eigenvalue weighted by atomic mass is 10.2. The van der Waals surface area contributed by atoms with Gasteiger partial charge in [-0.1, -0.05) is 0 Å².